The first-order valence-electron chi connectivity index (χ1n) is 17.5. The van der Waals surface area contributed by atoms with Crippen LogP contribution in [0.3, 0.4) is 0 Å². The summed E-state index contributed by atoms with van der Waals surface area (Å²) in [6, 6.07) is 11.5. The monoisotopic (exact) mass is 758 g/mol. The molecule has 3 aliphatic rings. The average molecular weight is 759 g/mol. The van der Waals surface area contributed by atoms with Gasteiger partial charge in [0.25, 0.3) is 0 Å². The number of carbonyl (C=O) groups is 2. The molecule has 8 unspecified atom stereocenters. The summed E-state index contributed by atoms with van der Waals surface area (Å²) in [6.45, 7) is 4.38. The molecule has 3 heterocycles. The molecule has 8 atom stereocenters. The Morgan fingerprint density at radius 1 is 1.06 bits per heavy atom. The van der Waals surface area contributed by atoms with Crippen molar-refractivity contribution in [2.24, 2.45) is 17.8 Å². The Labute approximate surface area is 309 Å². The summed E-state index contributed by atoms with van der Waals surface area (Å²) >= 11 is 0. The third-order valence-electron chi connectivity index (χ3n) is 10.9. The highest BCUT2D eigenvalue weighted by Crippen LogP contribution is 2.47. The van der Waals surface area contributed by atoms with Gasteiger partial charge in [-0.3, -0.25) is 4.79 Å². The first-order valence-corrected chi connectivity index (χ1v) is 20.0. The SMILES string of the molecule is Cc1c(C(=O)CCc2ccccc2)c(O)c2c(OC3OC(CO)C4(CCC(C)C5CCOCC5CSSCO4)C(O)C3O)cc(C(=O)O)cc2c1O. The largest absolute Gasteiger partial charge is 0.507 e. The number of hydrogen-bond acceptors (Lipinski definition) is 13. The van der Waals surface area contributed by atoms with Crippen molar-refractivity contribution in [1.82, 2.24) is 0 Å². The zero-order chi connectivity index (χ0) is 37.2. The van der Waals surface area contributed by atoms with Gasteiger partial charge in [-0.15, -0.1) is 0 Å². The summed E-state index contributed by atoms with van der Waals surface area (Å²) in [5, 5.41) is 66.6. The van der Waals surface area contributed by atoms with Gasteiger partial charge in [0.1, 0.15) is 47.1 Å². The van der Waals surface area contributed by atoms with Crippen LogP contribution in [0.4, 0.5) is 0 Å². The fraction of sp³-hybridized carbons (Fsp3) is 0.526. The molecule has 0 amide bonds. The molecule has 3 fully saturated rings. The number of ether oxygens (including phenoxy) is 4. The molecule has 1 spiro atoms. The number of fused-ring (bicyclic) bond motifs is 2. The lowest BCUT2D eigenvalue weighted by atomic mass is 9.74. The molecule has 0 aromatic heterocycles. The van der Waals surface area contributed by atoms with Crippen molar-refractivity contribution in [1.29, 1.82) is 0 Å². The number of phenolic OH excluding ortho intramolecular Hbond substituents is 2. The molecule has 0 saturated carbocycles. The number of aryl methyl sites for hydroxylation is 1. The molecule has 0 bridgehead atoms. The maximum Gasteiger partial charge on any atom is 0.335 e. The van der Waals surface area contributed by atoms with Gasteiger partial charge in [0.15, 0.2) is 5.78 Å². The van der Waals surface area contributed by atoms with Crippen LogP contribution in [0.1, 0.15) is 64.4 Å². The quantitative estimate of drug-likeness (QED) is 0.101. The van der Waals surface area contributed by atoms with Crippen LogP contribution in [0.2, 0.25) is 0 Å². The van der Waals surface area contributed by atoms with Crippen LogP contribution in [0.25, 0.3) is 10.8 Å². The number of rotatable bonds is 8. The normalized spacial score (nSPS) is 30.0. The Bertz CT molecular complexity index is 1750. The van der Waals surface area contributed by atoms with Gasteiger partial charge in [-0.2, -0.15) is 0 Å². The van der Waals surface area contributed by atoms with Crippen molar-refractivity contribution in [3.8, 4) is 17.2 Å². The highest BCUT2D eigenvalue weighted by Gasteiger charge is 2.57. The maximum absolute atomic E-state index is 13.5. The van der Waals surface area contributed by atoms with E-state index in [0.29, 0.717) is 37.9 Å². The molecule has 52 heavy (non-hydrogen) atoms. The van der Waals surface area contributed by atoms with Gasteiger partial charge in [0, 0.05) is 29.7 Å². The minimum absolute atomic E-state index is 0.00819. The topological polar surface area (TPSA) is 192 Å². The van der Waals surface area contributed by atoms with Gasteiger partial charge < -0.3 is 49.6 Å². The predicted octanol–water partition coefficient (Wildman–Crippen LogP) is 5.07. The number of carbonyl (C=O) groups excluding carboxylic acids is 1. The standard InChI is InChI=1S/C38H46O12S2/c1-20-10-12-38(48-19-52-51-18-24-17-47-13-11-25(20)24)29(16-39)50-37(34(43)35(38)44)49-28-15-23(36(45)46)14-26-31(28)33(42)30(21(2)32(26)41)27(40)9-8-22-6-4-3-5-7-22/h3-7,14-15,20,24-25,29,34-35,37,39,41-44H,8-13,16-19H2,1-2H3,(H,45,46). The Morgan fingerprint density at radius 3 is 2.56 bits per heavy atom. The summed E-state index contributed by atoms with van der Waals surface area (Å²) in [4.78, 5) is 25.7. The van der Waals surface area contributed by atoms with E-state index in [1.165, 1.54) is 17.7 Å². The molecular weight excluding hydrogens is 713 g/mol. The number of ketones is 1. The smallest absolute Gasteiger partial charge is 0.335 e. The molecule has 3 aromatic rings. The summed E-state index contributed by atoms with van der Waals surface area (Å²) in [6.07, 6.45) is -4.04. The van der Waals surface area contributed by atoms with E-state index in [1.54, 1.807) is 10.8 Å². The highest BCUT2D eigenvalue weighted by molar-refractivity contribution is 8.76. The van der Waals surface area contributed by atoms with Crippen LogP contribution in [0, 0.1) is 24.7 Å². The average Bonchev–Trinajstić information content (AvgIpc) is 3.17. The minimum Gasteiger partial charge on any atom is -0.507 e. The number of Topliss-reactive ketones (excluding diaryl/α,β-unsaturated/α-hetero) is 1. The van der Waals surface area contributed by atoms with E-state index in [2.05, 4.69) is 6.92 Å². The molecule has 0 radical (unpaired) electrons. The molecule has 282 valence electrons. The van der Waals surface area contributed by atoms with Crippen LogP contribution in [-0.2, 0) is 20.6 Å². The van der Waals surface area contributed by atoms with E-state index in [0.717, 1.165) is 29.9 Å². The van der Waals surface area contributed by atoms with E-state index in [1.807, 2.05) is 30.3 Å². The van der Waals surface area contributed by atoms with Crippen LogP contribution in [-0.4, -0.2) is 104 Å². The number of benzene rings is 3. The minimum atomic E-state index is -1.76. The van der Waals surface area contributed by atoms with E-state index >= 15 is 0 Å². The van der Waals surface area contributed by atoms with Gasteiger partial charge >= 0.3 is 5.97 Å². The van der Waals surface area contributed by atoms with Crippen molar-refractivity contribution in [2.45, 2.75) is 76.2 Å². The lowest BCUT2D eigenvalue weighted by Gasteiger charge is -2.50. The Balaban J connectivity index is 1.33. The summed E-state index contributed by atoms with van der Waals surface area (Å²) in [5.74, 6) is -1.11. The van der Waals surface area contributed by atoms with Crippen LogP contribution in [0.5, 0.6) is 17.2 Å². The second-order valence-electron chi connectivity index (χ2n) is 14.0. The van der Waals surface area contributed by atoms with Gasteiger partial charge in [0.2, 0.25) is 6.29 Å². The first kappa shape index (κ1) is 38.6. The Morgan fingerprint density at radius 2 is 1.83 bits per heavy atom. The predicted molar refractivity (Wildman–Crippen MR) is 196 cm³/mol. The van der Waals surface area contributed by atoms with Crippen molar-refractivity contribution in [3.63, 3.8) is 0 Å². The molecule has 3 saturated heterocycles. The van der Waals surface area contributed by atoms with E-state index in [9.17, 15) is 40.2 Å². The van der Waals surface area contributed by atoms with Gasteiger partial charge in [-0.1, -0.05) is 58.8 Å². The van der Waals surface area contributed by atoms with E-state index in [4.69, 9.17) is 18.9 Å². The number of aromatic carboxylic acids is 1. The summed E-state index contributed by atoms with van der Waals surface area (Å²) in [5.41, 5.74) is -1.03. The number of carboxylic acid groups (broad SMARTS) is 1. The highest BCUT2D eigenvalue weighted by atomic mass is 33.1. The fourth-order valence-corrected chi connectivity index (χ4v) is 10.0. The zero-order valence-electron chi connectivity index (χ0n) is 29.1. The van der Waals surface area contributed by atoms with Crippen LogP contribution >= 0.6 is 21.6 Å². The molecule has 6 N–H and O–H groups in total. The molecule has 0 aliphatic carbocycles. The fourth-order valence-electron chi connectivity index (χ4n) is 7.93. The molecule has 14 heteroatoms. The maximum atomic E-state index is 13.5. The van der Waals surface area contributed by atoms with Gasteiger partial charge in [0.05, 0.1) is 29.7 Å². The second-order valence-corrected chi connectivity index (χ2v) is 16.4. The second kappa shape index (κ2) is 16.5. The number of aliphatic hydroxyl groups is 3. The number of carboxylic acids is 1. The summed E-state index contributed by atoms with van der Waals surface area (Å²) in [7, 11) is 3.11. The van der Waals surface area contributed by atoms with Gasteiger partial charge in [-0.05, 0) is 68.1 Å². The first-order chi connectivity index (χ1) is 25.0. The van der Waals surface area contributed by atoms with Crippen LogP contribution < -0.4 is 4.74 Å². The van der Waals surface area contributed by atoms with Crippen molar-refractivity contribution < 1.29 is 59.2 Å². The number of aromatic hydroxyl groups is 2. The number of phenols is 2. The molecule has 3 aliphatic heterocycles. The van der Waals surface area contributed by atoms with Gasteiger partial charge in [-0.25, -0.2) is 4.79 Å². The third-order valence-corrected chi connectivity index (χ3v) is 13.1. The lowest BCUT2D eigenvalue weighted by Crippen LogP contribution is -2.69. The van der Waals surface area contributed by atoms with Crippen LogP contribution in [0.15, 0.2) is 42.5 Å². The molecular formula is C38H46O12S2. The van der Waals surface area contributed by atoms with E-state index < -0.39 is 60.1 Å². The number of aliphatic hydroxyl groups excluding tert-OH is 3. The molecule has 3 aromatic carbocycles. The molecule has 12 nitrogen and oxygen atoms in total. The van der Waals surface area contributed by atoms with Crippen molar-refractivity contribution in [2.75, 3.05) is 31.5 Å². The summed E-state index contributed by atoms with van der Waals surface area (Å²) < 4.78 is 24.3. The Hall–Kier alpha value is -3.08. The lowest BCUT2D eigenvalue weighted by molar-refractivity contribution is -0.322. The molecule has 6 rings (SSSR count). The Kier molecular flexibility index (Phi) is 12.3. The number of hydrogen-bond donors (Lipinski definition) is 6. The van der Waals surface area contributed by atoms with Crippen molar-refractivity contribution in [3.05, 3.63) is 64.7 Å². The van der Waals surface area contributed by atoms with E-state index in [-0.39, 0.29) is 57.9 Å². The zero-order valence-corrected chi connectivity index (χ0v) is 30.7. The van der Waals surface area contributed by atoms with Crippen molar-refractivity contribution >= 4 is 44.1 Å². The third kappa shape index (κ3) is 7.62.